The number of nitrogen functional groups attached to an aromatic ring is 1. The van der Waals surface area contributed by atoms with Crippen molar-refractivity contribution in [2.75, 3.05) is 17.7 Å². The predicted molar refractivity (Wildman–Crippen MR) is 73.7 cm³/mol. The Morgan fingerprint density at radius 3 is 2.58 bits per heavy atom. The molecule has 0 saturated heterocycles. The van der Waals surface area contributed by atoms with E-state index in [-0.39, 0.29) is 11.4 Å². The van der Waals surface area contributed by atoms with Crippen LogP contribution in [0.2, 0.25) is 0 Å². The van der Waals surface area contributed by atoms with E-state index in [1.165, 1.54) is 4.68 Å². The molecule has 8 heteroatoms. The van der Waals surface area contributed by atoms with Crippen LogP contribution in [0, 0.1) is 6.92 Å². The molecule has 1 unspecified atom stereocenters. The molecule has 1 heterocycles. The third-order valence-corrected chi connectivity index (χ3v) is 3.72. The highest BCUT2D eigenvalue weighted by atomic mass is 32.2. The minimum absolute atomic E-state index is 0.113. The van der Waals surface area contributed by atoms with E-state index >= 15 is 0 Å². The number of sulfone groups is 1. The first-order valence-corrected chi connectivity index (χ1v) is 8.03. The van der Waals surface area contributed by atoms with Crippen molar-refractivity contribution in [2.24, 2.45) is 0 Å². The van der Waals surface area contributed by atoms with Crippen LogP contribution >= 0.6 is 0 Å². The molecule has 0 bridgehead atoms. The molecule has 1 amide bonds. The first kappa shape index (κ1) is 15.5. The Bertz CT molecular complexity index is 577. The molecule has 0 aliphatic heterocycles. The molecule has 0 radical (unpaired) electrons. The van der Waals surface area contributed by atoms with Crippen molar-refractivity contribution in [1.29, 1.82) is 0 Å². The summed E-state index contributed by atoms with van der Waals surface area (Å²) in [6, 6.07) is -0.484. The second-order valence-corrected chi connectivity index (χ2v) is 6.82. The average molecular weight is 288 g/mol. The van der Waals surface area contributed by atoms with Gasteiger partial charge in [0.25, 0.3) is 5.91 Å². The van der Waals surface area contributed by atoms with Crippen molar-refractivity contribution in [1.82, 2.24) is 15.1 Å². The monoisotopic (exact) mass is 288 g/mol. The number of nitrogens with one attached hydrogen (secondary N) is 1. The normalized spacial score (nSPS) is 13.3. The van der Waals surface area contributed by atoms with Crippen LogP contribution < -0.4 is 11.1 Å². The summed E-state index contributed by atoms with van der Waals surface area (Å²) in [6.07, 6.45) is 1.13. The Balaban J connectivity index is 2.90. The second-order valence-electron chi connectivity index (χ2n) is 4.63. The maximum atomic E-state index is 12.1. The fourth-order valence-electron chi connectivity index (χ4n) is 1.85. The lowest BCUT2D eigenvalue weighted by molar-refractivity contribution is 0.0934. The van der Waals surface area contributed by atoms with E-state index in [9.17, 15) is 13.2 Å². The highest BCUT2D eigenvalue weighted by Gasteiger charge is 2.21. The first-order valence-electron chi connectivity index (χ1n) is 5.97. The highest BCUT2D eigenvalue weighted by molar-refractivity contribution is 7.90. The number of carbonyl (C=O) groups is 1. The van der Waals surface area contributed by atoms with Crippen molar-refractivity contribution >= 4 is 21.4 Å². The van der Waals surface area contributed by atoms with Gasteiger partial charge in [0.05, 0.1) is 17.1 Å². The Morgan fingerprint density at radius 1 is 1.53 bits per heavy atom. The molecule has 0 spiro atoms. The molecule has 0 saturated carbocycles. The van der Waals surface area contributed by atoms with Crippen LogP contribution in [-0.2, 0) is 16.4 Å². The standard InChI is InChI=1S/C11H20N4O3S/c1-5-15-10(9(12)8(3)14-15)11(16)13-7(2)6-19(4,17)18/h7H,5-6,12H2,1-4H3,(H,13,16). The molecule has 0 aromatic carbocycles. The summed E-state index contributed by atoms with van der Waals surface area (Å²) in [6.45, 7) is 5.72. The summed E-state index contributed by atoms with van der Waals surface area (Å²) >= 11 is 0. The number of hydrogen-bond acceptors (Lipinski definition) is 5. The van der Waals surface area contributed by atoms with Gasteiger partial charge in [-0.15, -0.1) is 0 Å². The fraction of sp³-hybridized carbons (Fsp3) is 0.636. The molecule has 3 N–H and O–H groups in total. The molecule has 19 heavy (non-hydrogen) atoms. The van der Waals surface area contributed by atoms with E-state index in [1.54, 1.807) is 13.8 Å². The van der Waals surface area contributed by atoms with Crippen LogP contribution in [0.15, 0.2) is 0 Å². The van der Waals surface area contributed by atoms with Crippen molar-refractivity contribution < 1.29 is 13.2 Å². The van der Waals surface area contributed by atoms with Gasteiger partial charge in [0, 0.05) is 18.8 Å². The number of rotatable bonds is 5. The molecule has 7 nitrogen and oxygen atoms in total. The minimum Gasteiger partial charge on any atom is -0.395 e. The van der Waals surface area contributed by atoms with Gasteiger partial charge in [0.2, 0.25) is 0 Å². The van der Waals surface area contributed by atoms with Gasteiger partial charge in [-0.3, -0.25) is 9.48 Å². The molecule has 108 valence electrons. The largest absolute Gasteiger partial charge is 0.395 e. The van der Waals surface area contributed by atoms with Gasteiger partial charge in [0.1, 0.15) is 15.5 Å². The average Bonchev–Trinajstić information content (AvgIpc) is 2.51. The molecular weight excluding hydrogens is 268 g/mol. The van der Waals surface area contributed by atoms with Crippen molar-refractivity contribution in [2.45, 2.75) is 33.4 Å². The van der Waals surface area contributed by atoms with Crippen molar-refractivity contribution in [3.05, 3.63) is 11.4 Å². The van der Waals surface area contributed by atoms with Crippen molar-refractivity contribution in [3.8, 4) is 0 Å². The van der Waals surface area contributed by atoms with E-state index in [1.807, 2.05) is 6.92 Å². The molecular formula is C11H20N4O3S. The number of aryl methyl sites for hydroxylation is 2. The molecule has 1 rings (SSSR count). The number of amides is 1. The smallest absolute Gasteiger partial charge is 0.271 e. The Morgan fingerprint density at radius 2 is 2.11 bits per heavy atom. The summed E-state index contributed by atoms with van der Waals surface area (Å²) in [5.74, 6) is -0.520. The van der Waals surface area contributed by atoms with Gasteiger partial charge >= 0.3 is 0 Å². The van der Waals surface area contributed by atoms with Crippen LogP contribution in [0.25, 0.3) is 0 Å². The third-order valence-electron chi connectivity index (χ3n) is 2.62. The van der Waals surface area contributed by atoms with Crippen molar-refractivity contribution in [3.63, 3.8) is 0 Å². The van der Waals surface area contributed by atoms with Gasteiger partial charge in [0.15, 0.2) is 0 Å². The zero-order valence-electron chi connectivity index (χ0n) is 11.6. The number of hydrogen-bond donors (Lipinski definition) is 2. The summed E-state index contributed by atoms with van der Waals surface area (Å²) in [4.78, 5) is 12.1. The number of nitrogens with zero attached hydrogens (tertiary/aromatic N) is 2. The zero-order chi connectivity index (χ0) is 14.8. The van der Waals surface area contributed by atoms with Gasteiger partial charge in [-0.25, -0.2) is 8.42 Å². The number of anilines is 1. The molecule has 0 aliphatic rings. The minimum atomic E-state index is -3.14. The van der Waals surface area contributed by atoms with E-state index in [0.29, 0.717) is 17.9 Å². The SMILES string of the molecule is CCn1nc(C)c(N)c1C(=O)NC(C)CS(C)(=O)=O. The van der Waals surface area contributed by atoms with Crippen LogP contribution in [0.1, 0.15) is 30.0 Å². The van der Waals surface area contributed by atoms with E-state index in [0.717, 1.165) is 6.26 Å². The molecule has 1 atom stereocenters. The topological polar surface area (TPSA) is 107 Å². The maximum absolute atomic E-state index is 12.1. The Hall–Kier alpha value is -1.57. The van der Waals surface area contributed by atoms with E-state index in [4.69, 9.17) is 5.73 Å². The number of carbonyl (C=O) groups excluding carboxylic acids is 1. The lowest BCUT2D eigenvalue weighted by Gasteiger charge is -2.13. The van der Waals surface area contributed by atoms with Gasteiger partial charge in [-0.05, 0) is 20.8 Å². The van der Waals surface area contributed by atoms with Crippen LogP contribution in [0.4, 0.5) is 5.69 Å². The van der Waals surface area contributed by atoms with Gasteiger partial charge < -0.3 is 11.1 Å². The molecule has 0 fully saturated rings. The zero-order valence-corrected chi connectivity index (χ0v) is 12.4. The maximum Gasteiger partial charge on any atom is 0.271 e. The summed E-state index contributed by atoms with van der Waals surface area (Å²) in [5.41, 5.74) is 7.01. The predicted octanol–water partition coefficient (Wildman–Crippen LogP) is -0.0435. The quantitative estimate of drug-likeness (QED) is 0.790. The van der Waals surface area contributed by atoms with Crippen LogP contribution in [0.3, 0.4) is 0 Å². The summed E-state index contributed by atoms with van der Waals surface area (Å²) in [5, 5.41) is 6.77. The molecule has 1 aromatic rings. The Kier molecular flexibility index (Phi) is 4.56. The van der Waals surface area contributed by atoms with Gasteiger partial charge in [-0.1, -0.05) is 0 Å². The summed E-state index contributed by atoms with van der Waals surface area (Å²) in [7, 11) is -3.14. The number of nitrogens with two attached hydrogens (primary N) is 1. The Labute approximate surface area is 113 Å². The first-order chi connectivity index (χ1) is 8.65. The third kappa shape index (κ3) is 3.95. The van der Waals surface area contributed by atoms with E-state index in [2.05, 4.69) is 10.4 Å². The lowest BCUT2D eigenvalue weighted by atomic mass is 10.2. The van der Waals surface area contributed by atoms with Gasteiger partial charge in [-0.2, -0.15) is 5.10 Å². The molecule has 1 aromatic heterocycles. The summed E-state index contributed by atoms with van der Waals surface area (Å²) < 4.78 is 23.8. The van der Waals surface area contributed by atoms with Crippen LogP contribution in [0.5, 0.6) is 0 Å². The highest BCUT2D eigenvalue weighted by Crippen LogP contribution is 2.16. The van der Waals surface area contributed by atoms with Crippen LogP contribution in [-0.4, -0.2) is 42.2 Å². The molecule has 0 aliphatic carbocycles. The lowest BCUT2D eigenvalue weighted by Crippen LogP contribution is -2.38. The second kappa shape index (κ2) is 5.60. The van der Waals surface area contributed by atoms with E-state index < -0.39 is 21.8 Å². The number of aromatic nitrogens is 2. The fourth-order valence-corrected chi connectivity index (χ4v) is 2.84.